The predicted octanol–water partition coefficient (Wildman–Crippen LogP) is 3.60. The molecular formula is C11H25ClO3SSi. The normalized spacial score (nSPS) is 14.4. The van der Waals surface area contributed by atoms with Crippen molar-refractivity contribution >= 4 is 30.0 Å². The highest BCUT2D eigenvalue weighted by atomic mass is 35.5. The molecule has 104 valence electrons. The number of halogens is 1. The van der Waals surface area contributed by atoms with Crippen molar-refractivity contribution in [3.05, 3.63) is 0 Å². The quantitative estimate of drug-likeness (QED) is 0.533. The van der Waals surface area contributed by atoms with Gasteiger partial charge in [-0.1, -0.05) is 27.7 Å². The summed E-state index contributed by atoms with van der Waals surface area (Å²) < 4.78 is 29.2. The van der Waals surface area contributed by atoms with Gasteiger partial charge in [-0.2, -0.15) is 0 Å². The zero-order chi connectivity index (χ0) is 13.9. The molecular weight excluding hydrogens is 276 g/mol. The second-order valence-corrected chi connectivity index (χ2v) is 12.7. The predicted molar refractivity (Wildman–Crippen MR) is 76.6 cm³/mol. The molecule has 0 N–H and O–H groups in total. The summed E-state index contributed by atoms with van der Waals surface area (Å²) in [6.45, 7) is 12.3. The van der Waals surface area contributed by atoms with Crippen LogP contribution in [0.25, 0.3) is 0 Å². The maximum atomic E-state index is 11.8. The maximum Gasteiger partial charge on any atom is 0.257 e. The Hall–Kier alpha value is 0.417. The summed E-state index contributed by atoms with van der Waals surface area (Å²) in [6.07, 6.45) is 0.441. The van der Waals surface area contributed by atoms with Gasteiger partial charge in [-0.3, -0.25) is 0 Å². The van der Waals surface area contributed by atoms with E-state index in [1.807, 2.05) is 13.1 Å². The molecule has 0 aromatic rings. The van der Waals surface area contributed by atoms with Crippen LogP contribution in [-0.2, 0) is 14.0 Å². The van der Waals surface area contributed by atoms with Crippen molar-refractivity contribution in [2.24, 2.45) is 5.92 Å². The highest BCUT2D eigenvalue weighted by Crippen LogP contribution is 2.45. The SMILES string of the molecule is CC(C)C(C)(C)[Si](C)(C)OS(=O)(=O)CCCCl. The summed E-state index contributed by atoms with van der Waals surface area (Å²) in [4.78, 5) is 0. The van der Waals surface area contributed by atoms with Crippen LogP contribution >= 0.6 is 11.6 Å². The third-order valence-corrected chi connectivity index (χ3v) is 11.3. The lowest BCUT2D eigenvalue weighted by Crippen LogP contribution is -2.47. The highest BCUT2D eigenvalue weighted by Gasteiger charge is 2.46. The number of rotatable bonds is 7. The average Bonchev–Trinajstić information content (AvgIpc) is 2.12. The fraction of sp³-hybridized carbons (Fsp3) is 1.00. The summed E-state index contributed by atoms with van der Waals surface area (Å²) in [6, 6.07) is 0. The minimum Gasteiger partial charge on any atom is -0.315 e. The van der Waals surface area contributed by atoms with Gasteiger partial charge in [0.15, 0.2) is 0 Å². The van der Waals surface area contributed by atoms with E-state index >= 15 is 0 Å². The lowest BCUT2D eigenvalue weighted by atomic mass is 9.99. The van der Waals surface area contributed by atoms with E-state index in [0.717, 1.165) is 0 Å². The lowest BCUT2D eigenvalue weighted by molar-refractivity contribution is 0.389. The molecule has 3 nitrogen and oxygen atoms in total. The summed E-state index contributed by atoms with van der Waals surface area (Å²) in [5, 5.41) is -0.0962. The fourth-order valence-corrected chi connectivity index (χ4v) is 7.31. The topological polar surface area (TPSA) is 43.4 Å². The van der Waals surface area contributed by atoms with E-state index in [4.69, 9.17) is 15.5 Å². The van der Waals surface area contributed by atoms with Crippen LogP contribution in [0, 0.1) is 5.92 Å². The molecule has 0 aliphatic heterocycles. The van der Waals surface area contributed by atoms with Gasteiger partial charge in [-0.05, 0) is 30.5 Å². The van der Waals surface area contributed by atoms with E-state index in [9.17, 15) is 8.42 Å². The van der Waals surface area contributed by atoms with Gasteiger partial charge in [0.2, 0.25) is 8.32 Å². The second kappa shape index (κ2) is 6.04. The van der Waals surface area contributed by atoms with Crippen molar-refractivity contribution in [3.63, 3.8) is 0 Å². The molecule has 0 saturated carbocycles. The summed E-state index contributed by atoms with van der Waals surface area (Å²) in [7, 11) is -5.75. The van der Waals surface area contributed by atoms with Gasteiger partial charge in [0.05, 0.1) is 5.75 Å². The fourth-order valence-electron chi connectivity index (χ4n) is 1.39. The Balaban J connectivity index is 4.87. The van der Waals surface area contributed by atoms with Crippen LogP contribution in [0.1, 0.15) is 34.1 Å². The molecule has 6 heteroatoms. The van der Waals surface area contributed by atoms with Crippen LogP contribution in [0.3, 0.4) is 0 Å². The molecule has 0 unspecified atom stereocenters. The van der Waals surface area contributed by atoms with Crippen molar-refractivity contribution in [2.75, 3.05) is 11.6 Å². The molecule has 0 amide bonds. The maximum absolute atomic E-state index is 11.8. The van der Waals surface area contributed by atoms with Crippen molar-refractivity contribution in [3.8, 4) is 0 Å². The lowest BCUT2D eigenvalue weighted by Gasteiger charge is -2.41. The molecule has 0 heterocycles. The van der Waals surface area contributed by atoms with Gasteiger partial charge < -0.3 is 3.87 Å². The highest BCUT2D eigenvalue weighted by molar-refractivity contribution is 7.87. The molecule has 0 saturated heterocycles. The first-order valence-corrected chi connectivity index (χ1v) is 11.0. The van der Waals surface area contributed by atoms with Crippen LogP contribution in [0.2, 0.25) is 18.1 Å². The van der Waals surface area contributed by atoms with Crippen LogP contribution in [0.15, 0.2) is 0 Å². The van der Waals surface area contributed by atoms with Crippen LogP contribution in [0.4, 0.5) is 0 Å². The van der Waals surface area contributed by atoms with Crippen molar-refractivity contribution < 1.29 is 12.3 Å². The average molecular weight is 301 g/mol. The minimum atomic E-state index is -3.44. The van der Waals surface area contributed by atoms with E-state index in [-0.39, 0.29) is 10.8 Å². The number of hydrogen-bond donors (Lipinski definition) is 0. The first kappa shape index (κ1) is 17.4. The van der Waals surface area contributed by atoms with Crippen molar-refractivity contribution in [2.45, 2.75) is 52.2 Å². The van der Waals surface area contributed by atoms with Gasteiger partial charge in [0.1, 0.15) is 0 Å². The Kier molecular flexibility index (Phi) is 6.19. The van der Waals surface area contributed by atoms with E-state index in [2.05, 4.69) is 27.7 Å². The number of hydrogen-bond acceptors (Lipinski definition) is 3. The van der Waals surface area contributed by atoms with Crippen LogP contribution in [0.5, 0.6) is 0 Å². The first-order valence-electron chi connectivity index (χ1n) is 5.95. The van der Waals surface area contributed by atoms with E-state index in [1.165, 1.54) is 0 Å². The summed E-state index contributed by atoms with van der Waals surface area (Å²) in [5.74, 6) is 0.742. The van der Waals surface area contributed by atoms with Gasteiger partial charge in [-0.15, -0.1) is 11.6 Å². The first-order chi connectivity index (χ1) is 7.46. The van der Waals surface area contributed by atoms with E-state index in [1.54, 1.807) is 0 Å². The third kappa shape index (κ3) is 4.89. The second-order valence-electron chi connectivity index (χ2n) is 5.77. The Bertz CT molecular complexity index is 337. The van der Waals surface area contributed by atoms with Gasteiger partial charge in [0.25, 0.3) is 10.1 Å². The van der Waals surface area contributed by atoms with Crippen molar-refractivity contribution in [1.82, 2.24) is 0 Å². The number of alkyl halides is 1. The monoisotopic (exact) mass is 300 g/mol. The molecule has 0 radical (unpaired) electrons. The molecule has 17 heavy (non-hydrogen) atoms. The largest absolute Gasteiger partial charge is 0.315 e. The zero-order valence-electron chi connectivity index (χ0n) is 11.7. The Morgan fingerprint density at radius 3 is 2.12 bits per heavy atom. The molecule has 0 fully saturated rings. The molecule has 0 aromatic heterocycles. The third-order valence-electron chi connectivity index (χ3n) is 3.86. The minimum absolute atomic E-state index is 0.0150. The standard InChI is InChI=1S/C11H25ClO3SSi/c1-10(2)11(3,4)17(5,6)15-16(13,14)9-7-8-12/h10H,7-9H2,1-6H3. The Labute approximate surface area is 112 Å². The molecule has 0 spiro atoms. The van der Waals surface area contributed by atoms with Gasteiger partial charge in [-0.25, -0.2) is 8.42 Å². The Morgan fingerprint density at radius 1 is 1.29 bits per heavy atom. The van der Waals surface area contributed by atoms with Crippen molar-refractivity contribution in [1.29, 1.82) is 0 Å². The van der Waals surface area contributed by atoms with E-state index < -0.39 is 18.4 Å². The smallest absolute Gasteiger partial charge is 0.257 e. The summed E-state index contributed by atoms with van der Waals surface area (Å²) in [5.41, 5.74) is 0. The van der Waals surface area contributed by atoms with E-state index in [0.29, 0.717) is 18.2 Å². The molecule has 0 aliphatic rings. The van der Waals surface area contributed by atoms with Crippen LogP contribution in [-0.4, -0.2) is 28.4 Å². The molecule has 0 aromatic carbocycles. The zero-order valence-corrected chi connectivity index (χ0v) is 14.3. The van der Waals surface area contributed by atoms with Crippen LogP contribution < -0.4 is 0 Å². The molecule has 0 rings (SSSR count). The van der Waals surface area contributed by atoms with Gasteiger partial charge in [0, 0.05) is 5.88 Å². The summed E-state index contributed by atoms with van der Waals surface area (Å²) >= 11 is 5.51. The Morgan fingerprint density at radius 2 is 1.76 bits per heavy atom. The molecule has 0 aliphatic carbocycles. The molecule has 0 atom stereocenters. The van der Waals surface area contributed by atoms with Gasteiger partial charge >= 0.3 is 0 Å². The molecule has 0 bridgehead atoms.